The van der Waals surface area contributed by atoms with E-state index in [1.165, 1.54) is 6.07 Å². The van der Waals surface area contributed by atoms with Crippen molar-refractivity contribution in [3.8, 4) is 11.5 Å². The van der Waals surface area contributed by atoms with Crippen molar-refractivity contribution < 1.29 is 18.7 Å². The van der Waals surface area contributed by atoms with Crippen molar-refractivity contribution in [3.05, 3.63) is 59.4 Å². The van der Waals surface area contributed by atoms with Crippen molar-refractivity contribution >= 4 is 5.91 Å². The van der Waals surface area contributed by atoms with Gasteiger partial charge in [-0.25, -0.2) is 4.39 Å². The van der Waals surface area contributed by atoms with E-state index >= 15 is 0 Å². The van der Waals surface area contributed by atoms with Crippen LogP contribution in [0.1, 0.15) is 29.8 Å². The topological polar surface area (TPSA) is 42.0 Å². The Morgan fingerprint density at radius 1 is 0.964 bits per heavy atom. The molecule has 0 aliphatic carbocycles. The standard InChI is InChI=1S/C22H27FN2O3/c1-3-27-20-10-9-17(15-21(20)28-4-2)22(26)25-13-11-24(12-14-25)16-18-7-5-6-8-19(18)23/h5-10,15H,3-4,11-14,16H2,1-2H3. The third kappa shape index (κ3) is 4.81. The molecule has 0 aromatic heterocycles. The number of piperazine rings is 1. The first kappa shape index (κ1) is 20.1. The van der Waals surface area contributed by atoms with Gasteiger partial charge < -0.3 is 14.4 Å². The molecule has 28 heavy (non-hydrogen) atoms. The number of carbonyl (C=O) groups is 1. The van der Waals surface area contributed by atoms with E-state index in [9.17, 15) is 9.18 Å². The maximum atomic E-state index is 13.8. The van der Waals surface area contributed by atoms with E-state index in [4.69, 9.17) is 9.47 Å². The van der Waals surface area contributed by atoms with Crippen molar-refractivity contribution in [1.82, 2.24) is 9.80 Å². The third-order valence-electron chi connectivity index (χ3n) is 4.80. The maximum absolute atomic E-state index is 13.8. The molecule has 1 aliphatic heterocycles. The molecule has 6 heteroatoms. The van der Waals surface area contributed by atoms with Crippen LogP contribution in [0.2, 0.25) is 0 Å². The summed E-state index contributed by atoms with van der Waals surface area (Å²) in [6.45, 7) is 8.09. The van der Waals surface area contributed by atoms with Crippen molar-refractivity contribution in [2.24, 2.45) is 0 Å². The highest BCUT2D eigenvalue weighted by Crippen LogP contribution is 2.29. The Labute approximate surface area is 165 Å². The zero-order valence-corrected chi connectivity index (χ0v) is 16.5. The van der Waals surface area contributed by atoms with Gasteiger partial charge in [0.05, 0.1) is 13.2 Å². The first-order valence-corrected chi connectivity index (χ1v) is 9.77. The molecule has 2 aromatic carbocycles. The molecule has 2 aromatic rings. The molecule has 0 radical (unpaired) electrons. The fourth-order valence-corrected chi connectivity index (χ4v) is 3.34. The number of carbonyl (C=O) groups excluding carboxylic acids is 1. The van der Waals surface area contributed by atoms with Gasteiger partial charge >= 0.3 is 0 Å². The lowest BCUT2D eigenvalue weighted by atomic mass is 10.1. The van der Waals surface area contributed by atoms with Crippen LogP contribution in [-0.4, -0.2) is 55.1 Å². The number of amides is 1. The molecule has 0 unspecified atom stereocenters. The minimum Gasteiger partial charge on any atom is -0.490 e. The van der Waals surface area contributed by atoms with E-state index < -0.39 is 0 Å². The summed E-state index contributed by atoms with van der Waals surface area (Å²) in [6.07, 6.45) is 0. The Balaban J connectivity index is 1.62. The molecule has 1 heterocycles. The van der Waals surface area contributed by atoms with Crippen molar-refractivity contribution in [3.63, 3.8) is 0 Å². The highest BCUT2D eigenvalue weighted by Gasteiger charge is 2.23. The number of nitrogens with zero attached hydrogens (tertiary/aromatic N) is 2. The van der Waals surface area contributed by atoms with Crippen LogP contribution >= 0.6 is 0 Å². The smallest absolute Gasteiger partial charge is 0.254 e. The molecule has 0 saturated carbocycles. The van der Waals surface area contributed by atoms with Crippen LogP contribution in [0, 0.1) is 5.82 Å². The summed E-state index contributed by atoms with van der Waals surface area (Å²) in [7, 11) is 0. The van der Waals surface area contributed by atoms with Gasteiger partial charge in [-0.1, -0.05) is 18.2 Å². The summed E-state index contributed by atoms with van der Waals surface area (Å²) in [5, 5.41) is 0. The van der Waals surface area contributed by atoms with Crippen LogP contribution in [-0.2, 0) is 6.54 Å². The fraction of sp³-hybridized carbons (Fsp3) is 0.409. The Morgan fingerprint density at radius 3 is 2.32 bits per heavy atom. The Morgan fingerprint density at radius 2 is 1.64 bits per heavy atom. The number of benzene rings is 2. The highest BCUT2D eigenvalue weighted by atomic mass is 19.1. The lowest BCUT2D eigenvalue weighted by molar-refractivity contribution is 0.0626. The second-order valence-corrected chi connectivity index (χ2v) is 6.69. The van der Waals surface area contributed by atoms with Crippen LogP contribution in [0.15, 0.2) is 42.5 Å². The zero-order valence-electron chi connectivity index (χ0n) is 16.5. The van der Waals surface area contributed by atoms with Gasteiger partial charge in [0.1, 0.15) is 5.82 Å². The predicted octanol–water partition coefficient (Wildman–Crippen LogP) is 3.58. The minimum atomic E-state index is -0.182. The molecule has 0 N–H and O–H groups in total. The van der Waals surface area contributed by atoms with E-state index in [2.05, 4.69) is 4.90 Å². The fourth-order valence-electron chi connectivity index (χ4n) is 3.34. The summed E-state index contributed by atoms with van der Waals surface area (Å²) >= 11 is 0. The van der Waals surface area contributed by atoms with Crippen LogP contribution in [0.25, 0.3) is 0 Å². The Kier molecular flexibility index (Phi) is 6.87. The lowest BCUT2D eigenvalue weighted by Gasteiger charge is -2.35. The first-order valence-electron chi connectivity index (χ1n) is 9.77. The molecule has 0 bridgehead atoms. The van der Waals surface area contributed by atoms with Crippen molar-refractivity contribution in [2.45, 2.75) is 20.4 Å². The first-order chi connectivity index (χ1) is 13.6. The van der Waals surface area contributed by atoms with E-state index in [1.807, 2.05) is 30.9 Å². The van der Waals surface area contributed by atoms with E-state index in [-0.39, 0.29) is 11.7 Å². The summed E-state index contributed by atoms with van der Waals surface area (Å²) in [5.41, 5.74) is 1.28. The minimum absolute atomic E-state index is 0.0189. The highest BCUT2D eigenvalue weighted by molar-refractivity contribution is 5.95. The quantitative estimate of drug-likeness (QED) is 0.729. The largest absolute Gasteiger partial charge is 0.490 e. The second-order valence-electron chi connectivity index (χ2n) is 6.69. The molecule has 0 spiro atoms. The maximum Gasteiger partial charge on any atom is 0.254 e. The van der Waals surface area contributed by atoms with E-state index in [1.54, 1.807) is 24.3 Å². The predicted molar refractivity (Wildman–Crippen MR) is 106 cm³/mol. The molecular formula is C22H27FN2O3. The average molecular weight is 386 g/mol. The molecule has 1 amide bonds. The summed E-state index contributed by atoms with van der Waals surface area (Å²) in [5.74, 6) is 1.04. The summed E-state index contributed by atoms with van der Waals surface area (Å²) < 4.78 is 25.0. The third-order valence-corrected chi connectivity index (χ3v) is 4.80. The molecule has 150 valence electrons. The van der Waals surface area contributed by atoms with Crippen molar-refractivity contribution in [1.29, 1.82) is 0 Å². The van der Waals surface area contributed by atoms with Gasteiger partial charge in [-0.05, 0) is 38.1 Å². The van der Waals surface area contributed by atoms with Gasteiger partial charge in [0, 0.05) is 43.9 Å². The number of rotatable bonds is 7. The molecule has 3 rings (SSSR count). The van der Waals surface area contributed by atoms with Gasteiger partial charge in [-0.3, -0.25) is 9.69 Å². The van der Waals surface area contributed by atoms with Crippen LogP contribution in [0.3, 0.4) is 0 Å². The van der Waals surface area contributed by atoms with Gasteiger partial charge in [-0.2, -0.15) is 0 Å². The molecule has 1 saturated heterocycles. The van der Waals surface area contributed by atoms with Gasteiger partial charge in [0.25, 0.3) is 5.91 Å². The number of ether oxygens (including phenoxy) is 2. The lowest BCUT2D eigenvalue weighted by Crippen LogP contribution is -2.48. The van der Waals surface area contributed by atoms with Gasteiger partial charge in [0.2, 0.25) is 0 Å². The monoisotopic (exact) mass is 386 g/mol. The molecule has 5 nitrogen and oxygen atoms in total. The average Bonchev–Trinajstić information content (AvgIpc) is 2.71. The number of halogens is 1. The van der Waals surface area contributed by atoms with Crippen LogP contribution in [0.5, 0.6) is 11.5 Å². The van der Waals surface area contributed by atoms with Crippen LogP contribution < -0.4 is 9.47 Å². The molecule has 1 fully saturated rings. The van der Waals surface area contributed by atoms with E-state index in [0.717, 1.165) is 13.1 Å². The zero-order chi connectivity index (χ0) is 19.9. The number of hydrogen-bond acceptors (Lipinski definition) is 4. The van der Waals surface area contributed by atoms with Crippen LogP contribution in [0.4, 0.5) is 4.39 Å². The van der Waals surface area contributed by atoms with E-state index in [0.29, 0.717) is 55.5 Å². The Hall–Kier alpha value is -2.60. The molecule has 1 aliphatic rings. The Bertz CT molecular complexity index is 804. The van der Waals surface area contributed by atoms with Gasteiger partial charge in [-0.15, -0.1) is 0 Å². The normalized spacial score (nSPS) is 14.8. The SMILES string of the molecule is CCOc1ccc(C(=O)N2CCN(Cc3ccccc3F)CC2)cc1OCC. The van der Waals surface area contributed by atoms with Gasteiger partial charge in [0.15, 0.2) is 11.5 Å². The number of hydrogen-bond donors (Lipinski definition) is 0. The summed E-state index contributed by atoms with van der Waals surface area (Å²) in [4.78, 5) is 16.9. The summed E-state index contributed by atoms with van der Waals surface area (Å²) in [6, 6.07) is 12.2. The molecular weight excluding hydrogens is 359 g/mol. The molecule has 0 atom stereocenters. The van der Waals surface area contributed by atoms with Crippen molar-refractivity contribution in [2.75, 3.05) is 39.4 Å². The second kappa shape index (κ2) is 9.55.